The summed E-state index contributed by atoms with van der Waals surface area (Å²) in [6.45, 7) is 8.28. The van der Waals surface area contributed by atoms with Crippen LogP contribution < -0.4 is 0 Å². The van der Waals surface area contributed by atoms with Gasteiger partial charge in [-0.2, -0.15) is 0 Å². The maximum atomic E-state index is 10.5. The summed E-state index contributed by atoms with van der Waals surface area (Å²) in [6.07, 6.45) is -0.499. The molecule has 1 nitrogen and oxygen atoms in total. The van der Waals surface area contributed by atoms with Crippen LogP contribution in [0, 0.1) is 27.7 Å². The molecule has 0 aliphatic rings. The Balaban J connectivity index is 2.43. The molecule has 1 atom stereocenters. The summed E-state index contributed by atoms with van der Waals surface area (Å²) in [5, 5.41) is 10.5. The first kappa shape index (κ1) is 12.3. The molecule has 17 heavy (non-hydrogen) atoms. The summed E-state index contributed by atoms with van der Waals surface area (Å²) in [4.78, 5) is 2.45. The quantitative estimate of drug-likeness (QED) is 0.847. The number of rotatable bonds is 2. The fraction of sp³-hybridized carbons (Fsp3) is 0.333. The van der Waals surface area contributed by atoms with E-state index in [-0.39, 0.29) is 0 Å². The number of aliphatic hydroxyl groups is 1. The number of hydrogen-bond acceptors (Lipinski definition) is 2. The van der Waals surface area contributed by atoms with Crippen molar-refractivity contribution < 1.29 is 5.11 Å². The van der Waals surface area contributed by atoms with Gasteiger partial charge in [-0.05, 0) is 50.5 Å². The summed E-state index contributed by atoms with van der Waals surface area (Å²) in [6, 6.07) is 8.29. The van der Waals surface area contributed by atoms with Gasteiger partial charge >= 0.3 is 0 Å². The van der Waals surface area contributed by atoms with Gasteiger partial charge in [-0.1, -0.05) is 23.8 Å². The average Bonchev–Trinajstić information content (AvgIpc) is 2.57. The summed E-state index contributed by atoms with van der Waals surface area (Å²) >= 11 is 1.74. The Kier molecular flexibility index (Phi) is 3.36. The highest BCUT2D eigenvalue weighted by atomic mass is 32.1. The Hall–Kier alpha value is -1.12. The SMILES string of the molecule is Cc1ccc(C(O)c2cc(C)sc2C)c(C)c1. The third-order valence-electron chi connectivity index (χ3n) is 3.09. The minimum atomic E-state index is -0.499. The number of thiophene rings is 1. The van der Waals surface area contributed by atoms with E-state index < -0.39 is 6.10 Å². The van der Waals surface area contributed by atoms with Crippen molar-refractivity contribution in [3.05, 3.63) is 56.3 Å². The Morgan fingerprint density at radius 2 is 1.71 bits per heavy atom. The van der Waals surface area contributed by atoms with Crippen molar-refractivity contribution in [1.82, 2.24) is 0 Å². The molecule has 0 saturated carbocycles. The van der Waals surface area contributed by atoms with Crippen molar-refractivity contribution >= 4 is 11.3 Å². The molecular weight excluding hydrogens is 228 g/mol. The van der Waals surface area contributed by atoms with E-state index in [9.17, 15) is 5.11 Å². The third-order valence-corrected chi connectivity index (χ3v) is 4.08. The van der Waals surface area contributed by atoms with E-state index in [1.54, 1.807) is 11.3 Å². The first-order valence-corrected chi connectivity index (χ1v) is 6.63. The predicted molar refractivity (Wildman–Crippen MR) is 73.8 cm³/mol. The molecule has 0 spiro atoms. The van der Waals surface area contributed by atoms with Crippen LogP contribution in [0.1, 0.15) is 38.1 Å². The molecule has 90 valence electrons. The van der Waals surface area contributed by atoms with Gasteiger partial charge in [0.05, 0.1) is 0 Å². The molecule has 0 bridgehead atoms. The highest BCUT2D eigenvalue weighted by molar-refractivity contribution is 7.12. The average molecular weight is 246 g/mol. The van der Waals surface area contributed by atoms with Crippen molar-refractivity contribution in [2.24, 2.45) is 0 Å². The molecule has 1 heterocycles. The maximum Gasteiger partial charge on any atom is 0.105 e. The Labute approximate surface area is 107 Å². The van der Waals surface area contributed by atoms with Gasteiger partial charge < -0.3 is 5.11 Å². The molecule has 0 saturated heterocycles. The molecule has 0 radical (unpaired) electrons. The van der Waals surface area contributed by atoms with E-state index >= 15 is 0 Å². The summed E-state index contributed by atoms with van der Waals surface area (Å²) in [5.74, 6) is 0. The zero-order valence-corrected chi connectivity index (χ0v) is 11.6. The highest BCUT2D eigenvalue weighted by Crippen LogP contribution is 2.32. The topological polar surface area (TPSA) is 20.2 Å². The third kappa shape index (κ3) is 2.43. The molecule has 2 aromatic rings. The summed E-state index contributed by atoms with van der Waals surface area (Å²) in [7, 11) is 0. The highest BCUT2D eigenvalue weighted by Gasteiger charge is 2.16. The Morgan fingerprint density at radius 1 is 1.00 bits per heavy atom. The molecule has 1 unspecified atom stereocenters. The molecule has 2 rings (SSSR count). The van der Waals surface area contributed by atoms with E-state index in [2.05, 4.69) is 45.9 Å². The van der Waals surface area contributed by atoms with Gasteiger partial charge in [-0.15, -0.1) is 11.3 Å². The van der Waals surface area contributed by atoms with Crippen LogP contribution in [-0.4, -0.2) is 5.11 Å². The largest absolute Gasteiger partial charge is 0.384 e. The molecule has 0 fully saturated rings. The van der Waals surface area contributed by atoms with Crippen LogP contribution in [0.4, 0.5) is 0 Å². The Morgan fingerprint density at radius 3 is 2.24 bits per heavy atom. The van der Waals surface area contributed by atoms with Crippen molar-refractivity contribution in [3.63, 3.8) is 0 Å². The standard InChI is InChI=1S/C15H18OS/c1-9-5-6-13(10(2)7-9)15(16)14-8-11(3)17-12(14)4/h5-8,15-16H,1-4H3. The summed E-state index contributed by atoms with van der Waals surface area (Å²) in [5.41, 5.74) is 4.44. The van der Waals surface area contributed by atoms with Crippen LogP contribution in [0.15, 0.2) is 24.3 Å². The van der Waals surface area contributed by atoms with Gasteiger partial charge in [0, 0.05) is 9.75 Å². The van der Waals surface area contributed by atoms with Crippen molar-refractivity contribution in [2.75, 3.05) is 0 Å². The molecule has 0 aliphatic heterocycles. The van der Waals surface area contributed by atoms with Crippen LogP contribution in [0.5, 0.6) is 0 Å². The van der Waals surface area contributed by atoms with E-state index in [0.717, 1.165) is 16.7 Å². The smallest absolute Gasteiger partial charge is 0.105 e. The fourth-order valence-corrected chi connectivity index (χ4v) is 3.18. The molecule has 1 aromatic carbocycles. The lowest BCUT2D eigenvalue weighted by atomic mass is 9.96. The van der Waals surface area contributed by atoms with E-state index in [4.69, 9.17) is 0 Å². The fourth-order valence-electron chi connectivity index (χ4n) is 2.22. The minimum absolute atomic E-state index is 0.499. The molecule has 0 aliphatic carbocycles. The number of aliphatic hydroxyl groups excluding tert-OH is 1. The van der Waals surface area contributed by atoms with Crippen molar-refractivity contribution in [3.8, 4) is 0 Å². The van der Waals surface area contributed by atoms with Gasteiger partial charge in [0.15, 0.2) is 0 Å². The van der Waals surface area contributed by atoms with Gasteiger partial charge in [-0.3, -0.25) is 0 Å². The number of benzene rings is 1. The van der Waals surface area contributed by atoms with Crippen molar-refractivity contribution in [2.45, 2.75) is 33.8 Å². The van der Waals surface area contributed by atoms with Crippen molar-refractivity contribution in [1.29, 1.82) is 0 Å². The number of aryl methyl sites for hydroxylation is 4. The van der Waals surface area contributed by atoms with E-state index in [1.807, 2.05) is 6.07 Å². The van der Waals surface area contributed by atoms with Gasteiger partial charge in [0.25, 0.3) is 0 Å². The number of hydrogen-bond donors (Lipinski definition) is 1. The van der Waals surface area contributed by atoms with Gasteiger partial charge in [0.2, 0.25) is 0 Å². The second kappa shape index (κ2) is 4.63. The molecule has 2 heteroatoms. The van der Waals surface area contributed by atoms with Gasteiger partial charge in [0.1, 0.15) is 6.10 Å². The summed E-state index contributed by atoms with van der Waals surface area (Å²) < 4.78 is 0. The van der Waals surface area contributed by atoms with Gasteiger partial charge in [-0.25, -0.2) is 0 Å². The van der Waals surface area contributed by atoms with Crippen LogP contribution in [-0.2, 0) is 0 Å². The monoisotopic (exact) mass is 246 g/mol. The van der Waals surface area contributed by atoms with Crippen LogP contribution in [0.25, 0.3) is 0 Å². The van der Waals surface area contributed by atoms with E-state index in [0.29, 0.717) is 0 Å². The molecule has 0 amide bonds. The predicted octanol–water partition coefficient (Wildman–Crippen LogP) is 4.06. The molecular formula is C15H18OS. The van der Waals surface area contributed by atoms with Crippen LogP contribution in [0.2, 0.25) is 0 Å². The van der Waals surface area contributed by atoms with Crippen LogP contribution in [0.3, 0.4) is 0 Å². The normalized spacial score (nSPS) is 12.8. The molecule has 1 aromatic heterocycles. The van der Waals surface area contributed by atoms with Crippen LogP contribution >= 0.6 is 11.3 Å². The van der Waals surface area contributed by atoms with E-state index in [1.165, 1.54) is 15.3 Å². The zero-order chi connectivity index (χ0) is 12.6. The minimum Gasteiger partial charge on any atom is -0.384 e. The lowest BCUT2D eigenvalue weighted by Gasteiger charge is -2.14. The lowest BCUT2D eigenvalue weighted by Crippen LogP contribution is -2.02. The second-order valence-corrected chi connectivity index (χ2v) is 6.09. The Bertz CT molecular complexity index is 540. The first-order valence-electron chi connectivity index (χ1n) is 5.81. The maximum absolute atomic E-state index is 10.5. The first-order chi connectivity index (χ1) is 7.99. The zero-order valence-electron chi connectivity index (χ0n) is 10.7. The second-order valence-electron chi connectivity index (χ2n) is 4.63. The molecule has 1 N–H and O–H groups in total. The lowest BCUT2D eigenvalue weighted by molar-refractivity contribution is 0.219.